The van der Waals surface area contributed by atoms with Crippen LogP contribution >= 0.6 is 11.6 Å². The maximum Gasteiger partial charge on any atom is 0.338 e. The molecule has 1 aliphatic rings. The zero-order valence-electron chi connectivity index (χ0n) is 21.3. The maximum atomic E-state index is 13.2. The van der Waals surface area contributed by atoms with Crippen molar-refractivity contribution in [2.45, 2.75) is 33.8 Å². The lowest BCUT2D eigenvalue weighted by molar-refractivity contribution is -0.120. The molecule has 0 radical (unpaired) electrons. The van der Waals surface area contributed by atoms with Gasteiger partial charge in [-0.2, -0.15) is 0 Å². The standard InChI is InChI=1S/C29H26ClN3O5/c1-16(2)38-29(37)20-8-6-10-23(15-20)33-27(35)24(30)25(28(33)36)31-21-9-5-7-19(14-21)26(34)32-22-12-17(3)11-18(4)13-22/h5-16,31H,1-4H3,(H,32,34). The van der Waals surface area contributed by atoms with Crippen molar-refractivity contribution in [3.63, 3.8) is 0 Å². The number of hydrogen-bond donors (Lipinski definition) is 2. The van der Waals surface area contributed by atoms with E-state index in [0.717, 1.165) is 16.0 Å². The Balaban J connectivity index is 1.53. The van der Waals surface area contributed by atoms with Crippen molar-refractivity contribution < 1.29 is 23.9 Å². The molecule has 194 valence electrons. The first-order valence-corrected chi connectivity index (χ1v) is 12.3. The highest BCUT2D eigenvalue weighted by Crippen LogP contribution is 2.31. The minimum atomic E-state index is -0.739. The van der Waals surface area contributed by atoms with Crippen molar-refractivity contribution in [3.05, 3.63) is 99.7 Å². The highest BCUT2D eigenvalue weighted by atomic mass is 35.5. The van der Waals surface area contributed by atoms with Crippen LogP contribution in [0.1, 0.15) is 45.7 Å². The predicted molar refractivity (Wildman–Crippen MR) is 146 cm³/mol. The Hall–Kier alpha value is -4.43. The SMILES string of the molecule is Cc1cc(C)cc(NC(=O)c2cccc(NC3=C(Cl)C(=O)N(c4cccc(C(=O)OC(C)C)c4)C3=O)c2)c1. The number of halogens is 1. The summed E-state index contributed by atoms with van der Waals surface area (Å²) in [5, 5.41) is 5.43. The highest BCUT2D eigenvalue weighted by molar-refractivity contribution is 6.53. The number of aryl methyl sites for hydroxylation is 2. The maximum absolute atomic E-state index is 13.2. The van der Waals surface area contributed by atoms with Crippen LogP contribution in [-0.2, 0) is 14.3 Å². The number of carbonyl (C=O) groups excluding carboxylic acids is 4. The molecule has 3 aromatic rings. The number of carbonyl (C=O) groups is 4. The molecule has 1 heterocycles. The molecule has 0 fully saturated rings. The third kappa shape index (κ3) is 5.76. The number of benzene rings is 3. The van der Waals surface area contributed by atoms with E-state index in [1.807, 2.05) is 32.0 Å². The van der Waals surface area contributed by atoms with Gasteiger partial charge >= 0.3 is 5.97 Å². The molecule has 3 aromatic carbocycles. The number of nitrogens with one attached hydrogen (secondary N) is 2. The van der Waals surface area contributed by atoms with Gasteiger partial charge in [-0.15, -0.1) is 0 Å². The lowest BCUT2D eigenvalue weighted by Crippen LogP contribution is -2.32. The molecule has 0 saturated heterocycles. The predicted octanol–water partition coefficient (Wildman–Crippen LogP) is 5.56. The van der Waals surface area contributed by atoms with Gasteiger partial charge in [-0.1, -0.05) is 29.8 Å². The van der Waals surface area contributed by atoms with Gasteiger partial charge in [-0.25, -0.2) is 9.69 Å². The van der Waals surface area contributed by atoms with Gasteiger partial charge in [-0.3, -0.25) is 14.4 Å². The second-order valence-electron chi connectivity index (χ2n) is 9.18. The second kappa shape index (κ2) is 10.9. The molecule has 0 aromatic heterocycles. The van der Waals surface area contributed by atoms with Crippen LogP contribution in [0.3, 0.4) is 0 Å². The van der Waals surface area contributed by atoms with Crippen molar-refractivity contribution >= 4 is 52.4 Å². The summed E-state index contributed by atoms with van der Waals surface area (Å²) in [5.41, 5.74) is 3.68. The van der Waals surface area contributed by atoms with Crippen LogP contribution in [0.4, 0.5) is 17.1 Å². The van der Waals surface area contributed by atoms with Crippen LogP contribution in [0.15, 0.2) is 77.5 Å². The fraction of sp³-hybridized carbons (Fsp3) is 0.172. The van der Waals surface area contributed by atoms with E-state index < -0.39 is 17.8 Å². The molecule has 9 heteroatoms. The number of ether oxygens (including phenoxy) is 1. The average Bonchev–Trinajstić information content (AvgIpc) is 3.06. The highest BCUT2D eigenvalue weighted by Gasteiger charge is 2.39. The van der Waals surface area contributed by atoms with E-state index in [1.54, 1.807) is 44.2 Å². The quantitative estimate of drug-likeness (QED) is 0.305. The zero-order valence-corrected chi connectivity index (χ0v) is 22.1. The summed E-state index contributed by atoms with van der Waals surface area (Å²) in [5.74, 6) is -2.34. The molecule has 0 saturated carbocycles. The van der Waals surface area contributed by atoms with Crippen molar-refractivity contribution in [2.24, 2.45) is 0 Å². The van der Waals surface area contributed by atoms with Crippen molar-refractivity contribution in [3.8, 4) is 0 Å². The van der Waals surface area contributed by atoms with Gasteiger partial charge in [0.05, 0.1) is 17.4 Å². The lowest BCUT2D eigenvalue weighted by atomic mass is 10.1. The Bertz CT molecular complexity index is 1470. The van der Waals surface area contributed by atoms with Gasteiger partial charge in [0.2, 0.25) is 0 Å². The van der Waals surface area contributed by atoms with Crippen LogP contribution in [0.25, 0.3) is 0 Å². The molecule has 38 heavy (non-hydrogen) atoms. The normalized spacial score (nSPS) is 13.3. The first-order chi connectivity index (χ1) is 18.0. The zero-order chi connectivity index (χ0) is 27.6. The summed E-state index contributed by atoms with van der Waals surface area (Å²) in [6.07, 6.45) is -0.327. The molecule has 3 amide bonds. The van der Waals surface area contributed by atoms with Gasteiger partial charge in [-0.05, 0) is 87.4 Å². The molecule has 1 aliphatic heterocycles. The molecular weight excluding hydrogens is 506 g/mol. The number of rotatable bonds is 7. The summed E-state index contributed by atoms with van der Waals surface area (Å²) in [6.45, 7) is 7.33. The topological polar surface area (TPSA) is 105 Å². The van der Waals surface area contributed by atoms with E-state index >= 15 is 0 Å². The molecule has 0 bridgehead atoms. The van der Waals surface area contributed by atoms with E-state index in [4.69, 9.17) is 16.3 Å². The number of amides is 3. The van der Waals surface area contributed by atoms with Crippen LogP contribution in [0.2, 0.25) is 0 Å². The first-order valence-electron chi connectivity index (χ1n) is 11.9. The van der Waals surface area contributed by atoms with Gasteiger partial charge in [0.15, 0.2) is 0 Å². The molecule has 0 spiro atoms. The van der Waals surface area contributed by atoms with Gasteiger partial charge < -0.3 is 15.4 Å². The Morgan fingerprint density at radius 1 is 0.842 bits per heavy atom. The molecule has 0 aliphatic carbocycles. The number of nitrogens with zero attached hydrogens (tertiary/aromatic N) is 1. The number of imide groups is 1. The van der Waals surface area contributed by atoms with Gasteiger partial charge in [0.25, 0.3) is 17.7 Å². The fourth-order valence-corrected chi connectivity index (χ4v) is 4.25. The van der Waals surface area contributed by atoms with Crippen molar-refractivity contribution in [1.82, 2.24) is 0 Å². The summed E-state index contributed by atoms with van der Waals surface area (Å²) in [7, 11) is 0. The lowest BCUT2D eigenvalue weighted by Gasteiger charge is -2.16. The van der Waals surface area contributed by atoms with Crippen LogP contribution in [0, 0.1) is 13.8 Å². The summed E-state index contributed by atoms with van der Waals surface area (Å²) in [6, 6.07) is 18.2. The van der Waals surface area contributed by atoms with E-state index in [-0.39, 0.29) is 34.0 Å². The number of esters is 1. The van der Waals surface area contributed by atoms with E-state index in [2.05, 4.69) is 10.6 Å². The minimum absolute atomic E-state index is 0.140. The van der Waals surface area contributed by atoms with Gasteiger partial charge in [0.1, 0.15) is 10.7 Å². The Labute approximate surface area is 225 Å². The Kier molecular flexibility index (Phi) is 7.64. The van der Waals surface area contributed by atoms with E-state index in [1.165, 1.54) is 18.2 Å². The largest absolute Gasteiger partial charge is 0.459 e. The van der Waals surface area contributed by atoms with E-state index in [9.17, 15) is 19.2 Å². The number of hydrogen-bond acceptors (Lipinski definition) is 6. The summed E-state index contributed by atoms with van der Waals surface area (Å²) < 4.78 is 5.20. The summed E-state index contributed by atoms with van der Waals surface area (Å²) >= 11 is 6.26. The monoisotopic (exact) mass is 531 g/mol. The second-order valence-corrected chi connectivity index (χ2v) is 9.55. The molecule has 0 atom stereocenters. The van der Waals surface area contributed by atoms with Crippen LogP contribution in [0.5, 0.6) is 0 Å². The van der Waals surface area contributed by atoms with Crippen LogP contribution < -0.4 is 15.5 Å². The molecule has 4 rings (SSSR count). The summed E-state index contributed by atoms with van der Waals surface area (Å²) in [4.78, 5) is 52.2. The van der Waals surface area contributed by atoms with Crippen molar-refractivity contribution in [1.29, 1.82) is 0 Å². The third-order valence-corrected chi connectivity index (χ3v) is 5.93. The molecule has 8 nitrogen and oxygen atoms in total. The minimum Gasteiger partial charge on any atom is -0.459 e. The van der Waals surface area contributed by atoms with Gasteiger partial charge in [0, 0.05) is 16.9 Å². The smallest absolute Gasteiger partial charge is 0.338 e. The Morgan fingerprint density at radius 3 is 2.18 bits per heavy atom. The number of anilines is 3. The third-order valence-electron chi connectivity index (χ3n) is 5.58. The molecule has 2 N–H and O–H groups in total. The molecular formula is C29H26ClN3O5. The Morgan fingerprint density at radius 2 is 1.50 bits per heavy atom. The van der Waals surface area contributed by atoms with E-state index in [0.29, 0.717) is 16.9 Å². The van der Waals surface area contributed by atoms with Crippen LogP contribution in [-0.4, -0.2) is 29.8 Å². The average molecular weight is 532 g/mol. The van der Waals surface area contributed by atoms with Crippen molar-refractivity contribution in [2.75, 3.05) is 15.5 Å². The first kappa shape index (κ1) is 26.6. The molecule has 0 unspecified atom stereocenters. The fourth-order valence-electron chi connectivity index (χ4n) is 4.03.